The third kappa shape index (κ3) is 3.82. The summed E-state index contributed by atoms with van der Waals surface area (Å²) in [4.78, 5) is 14.1. The van der Waals surface area contributed by atoms with Crippen molar-refractivity contribution in [3.05, 3.63) is 48.0 Å². The lowest BCUT2D eigenvalue weighted by Crippen LogP contribution is -2.44. The van der Waals surface area contributed by atoms with Gasteiger partial charge in [-0.25, -0.2) is 0 Å². The van der Waals surface area contributed by atoms with Crippen molar-refractivity contribution in [2.45, 2.75) is 33.4 Å². The number of nitrogens with zero attached hydrogens (tertiary/aromatic N) is 1. The van der Waals surface area contributed by atoms with E-state index in [1.807, 2.05) is 37.8 Å². The second-order valence-corrected chi connectivity index (χ2v) is 5.29. The van der Waals surface area contributed by atoms with Crippen LogP contribution in [0.4, 0.5) is 0 Å². The lowest BCUT2D eigenvalue weighted by atomic mass is 10.1. The average molecular weight is 284 g/mol. The fourth-order valence-electron chi connectivity index (χ4n) is 2.52. The van der Waals surface area contributed by atoms with Crippen LogP contribution in [0.1, 0.15) is 26.3 Å². The summed E-state index contributed by atoms with van der Waals surface area (Å²) in [5, 5.41) is 5.80. The molecule has 0 aliphatic heterocycles. The molecule has 2 rings (SSSR count). The summed E-state index contributed by atoms with van der Waals surface area (Å²) in [6.45, 7) is 8.18. The molecule has 112 valence electrons. The zero-order chi connectivity index (χ0) is 15.2. The molecule has 0 fully saturated rings. The molecule has 0 aliphatic carbocycles. The maximum absolute atomic E-state index is 12.2. The molecule has 0 aromatic heterocycles. The Kier molecular flexibility index (Phi) is 5.34. The van der Waals surface area contributed by atoms with Crippen molar-refractivity contribution in [2.75, 3.05) is 13.1 Å². The van der Waals surface area contributed by atoms with E-state index < -0.39 is 0 Å². The molecule has 21 heavy (non-hydrogen) atoms. The number of carbonyl (C=O) groups excluding carboxylic acids is 1. The SMILES string of the molecule is CCN(CC)C(=O)C(C)NCc1ccc2ccccc2c1. The van der Waals surface area contributed by atoms with Crippen molar-refractivity contribution >= 4 is 16.7 Å². The third-order valence-corrected chi connectivity index (χ3v) is 3.87. The first kappa shape index (κ1) is 15.5. The van der Waals surface area contributed by atoms with Crippen molar-refractivity contribution < 1.29 is 4.79 Å². The molecule has 3 heteroatoms. The number of rotatable bonds is 6. The number of carbonyl (C=O) groups is 1. The Morgan fingerprint density at radius 1 is 1.10 bits per heavy atom. The minimum absolute atomic E-state index is 0.156. The zero-order valence-electron chi connectivity index (χ0n) is 13.1. The van der Waals surface area contributed by atoms with E-state index >= 15 is 0 Å². The van der Waals surface area contributed by atoms with Gasteiger partial charge in [-0.05, 0) is 43.2 Å². The maximum atomic E-state index is 12.2. The van der Waals surface area contributed by atoms with Crippen molar-refractivity contribution in [2.24, 2.45) is 0 Å². The minimum Gasteiger partial charge on any atom is -0.342 e. The smallest absolute Gasteiger partial charge is 0.239 e. The lowest BCUT2D eigenvalue weighted by Gasteiger charge is -2.23. The highest BCUT2D eigenvalue weighted by atomic mass is 16.2. The first-order valence-electron chi connectivity index (χ1n) is 7.65. The van der Waals surface area contributed by atoms with Crippen molar-refractivity contribution in [1.29, 1.82) is 0 Å². The fraction of sp³-hybridized carbons (Fsp3) is 0.389. The van der Waals surface area contributed by atoms with E-state index in [1.54, 1.807) is 0 Å². The third-order valence-electron chi connectivity index (χ3n) is 3.87. The van der Waals surface area contributed by atoms with Crippen molar-refractivity contribution in [3.8, 4) is 0 Å². The molecule has 1 N–H and O–H groups in total. The van der Waals surface area contributed by atoms with Crippen LogP contribution in [0, 0.1) is 0 Å². The molecule has 0 aliphatic rings. The molecule has 0 bridgehead atoms. The Hall–Kier alpha value is -1.87. The van der Waals surface area contributed by atoms with Gasteiger partial charge in [0.05, 0.1) is 6.04 Å². The molecular weight excluding hydrogens is 260 g/mol. The number of hydrogen-bond acceptors (Lipinski definition) is 2. The van der Waals surface area contributed by atoms with Crippen LogP contribution in [-0.4, -0.2) is 29.9 Å². The van der Waals surface area contributed by atoms with E-state index in [1.165, 1.54) is 16.3 Å². The first-order valence-corrected chi connectivity index (χ1v) is 7.65. The molecule has 1 amide bonds. The standard InChI is InChI=1S/C18H24N2O/c1-4-20(5-2)18(21)14(3)19-13-15-10-11-16-8-6-7-9-17(16)12-15/h6-12,14,19H,4-5,13H2,1-3H3. The Labute approximate surface area is 127 Å². The predicted octanol–water partition coefficient (Wildman–Crippen LogP) is 3.19. The molecular formula is C18H24N2O. The molecule has 0 saturated heterocycles. The van der Waals surface area contributed by atoms with E-state index in [0.29, 0.717) is 6.54 Å². The number of nitrogens with one attached hydrogen (secondary N) is 1. The molecule has 2 aromatic carbocycles. The van der Waals surface area contributed by atoms with Gasteiger partial charge in [0.15, 0.2) is 0 Å². The van der Waals surface area contributed by atoms with E-state index in [9.17, 15) is 4.79 Å². The summed E-state index contributed by atoms with van der Waals surface area (Å²) in [6.07, 6.45) is 0. The molecule has 2 aromatic rings. The number of hydrogen-bond donors (Lipinski definition) is 1. The Morgan fingerprint density at radius 3 is 2.43 bits per heavy atom. The first-order chi connectivity index (χ1) is 10.2. The highest BCUT2D eigenvalue weighted by Gasteiger charge is 2.17. The number of benzene rings is 2. The molecule has 0 radical (unpaired) electrons. The molecule has 1 unspecified atom stereocenters. The van der Waals surface area contributed by atoms with Crippen molar-refractivity contribution in [3.63, 3.8) is 0 Å². The second kappa shape index (κ2) is 7.23. The van der Waals surface area contributed by atoms with Gasteiger partial charge in [-0.3, -0.25) is 4.79 Å². The van der Waals surface area contributed by atoms with E-state index in [4.69, 9.17) is 0 Å². The maximum Gasteiger partial charge on any atom is 0.239 e. The van der Waals surface area contributed by atoms with Gasteiger partial charge in [0.25, 0.3) is 0 Å². The average Bonchev–Trinajstić information content (AvgIpc) is 2.53. The monoisotopic (exact) mass is 284 g/mol. The van der Waals surface area contributed by atoms with Crippen molar-refractivity contribution in [1.82, 2.24) is 10.2 Å². The van der Waals surface area contributed by atoms with E-state index in [0.717, 1.165) is 13.1 Å². The van der Waals surface area contributed by atoms with E-state index in [2.05, 4.69) is 35.6 Å². The summed E-state index contributed by atoms with van der Waals surface area (Å²) in [7, 11) is 0. The van der Waals surface area contributed by atoms with Gasteiger partial charge in [-0.1, -0.05) is 36.4 Å². The molecule has 0 heterocycles. The fourth-order valence-corrected chi connectivity index (χ4v) is 2.52. The van der Waals surface area contributed by atoms with Crippen LogP contribution in [0.25, 0.3) is 10.8 Å². The number of fused-ring (bicyclic) bond motifs is 1. The molecule has 0 spiro atoms. The topological polar surface area (TPSA) is 32.3 Å². The summed E-state index contributed by atoms with van der Waals surface area (Å²) in [5.41, 5.74) is 1.20. The van der Waals surface area contributed by atoms with Crippen LogP contribution in [-0.2, 0) is 11.3 Å². The molecule has 0 saturated carbocycles. The zero-order valence-corrected chi connectivity index (χ0v) is 13.1. The van der Waals surface area contributed by atoms with Crippen LogP contribution in [0.2, 0.25) is 0 Å². The van der Waals surface area contributed by atoms with Crippen LogP contribution >= 0.6 is 0 Å². The highest BCUT2D eigenvalue weighted by molar-refractivity contribution is 5.83. The number of likely N-dealkylation sites (N-methyl/N-ethyl adjacent to an activating group) is 1. The summed E-state index contributed by atoms with van der Waals surface area (Å²) in [6, 6.07) is 14.6. The van der Waals surface area contributed by atoms with Gasteiger partial charge < -0.3 is 10.2 Å². The Balaban J connectivity index is 1.99. The second-order valence-electron chi connectivity index (χ2n) is 5.29. The summed E-state index contributed by atoms with van der Waals surface area (Å²) < 4.78 is 0. The van der Waals surface area contributed by atoms with Gasteiger partial charge in [-0.15, -0.1) is 0 Å². The summed E-state index contributed by atoms with van der Waals surface area (Å²) >= 11 is 0. The van der Waals surface area contributed by atoms with Gasteiger partial charge in [0.2, 0.25) is 5.91 Å². The van der Waals surface area contributed by atoms with Crippen LogP contribution in [0.3, 0.4) is 0 Å². The lowest BCUT2D eigenvalue weighted by molar-refractivity contribution is -0.132. The largest absolute Gasteiger partial charge is 0.342 e. The Bertz CT molecular complexity index is 605. The highest BCUT2D eigenvalue weighted by Crippen LogP contribution is 2.15. The van der Waals surface area contributed by atoms with Crippen LogP contribution in [0.15, 0.2) is 42.5 Å². The molecule has 1 atom stereocenters. The minimum atomic E-state index is -0.156. The van der Waals surface area contributed by atoms with E-state index in [-0.39, 0.29) is 11.9 Å². The number of amides is 1. The van der Waals surface area contributed by atoms with Crippen LogP contribution < -0.4 is 5.32 Å². The van der Waals surface area contributed by atoms with Gasteiger partial charge in [0.1, 0.15) is 0 Å². The summed E-state index contributed by atoms with van der Waals surface area (Å²) in [5.74, 6) is 0.167. The van der Waals surface area contributed by atoms with Gasteiger partial charge in [-0.2, -0.15) is 0 Å². The Morgan fingerprint density at radius 2 is 1.76 bits per heavy atom. The quantitative estimate of drug-likeness (QED) is 0.883. The normalized spacial score (nSPS) is 12.3. The molecule has 3 nitrogen and oxygen atoms in total. The van der Waals surface area contributed by atoms with Crippen LogP contribution in [0.5, 0.6) is 0 Å². The predicted molar refractivity (Wildman–Crippen MR) is 88.2 cm³/mol. The van der Waals surface area contributed by atoms with Gasteiger partial charge in [0, 0.05) is 19.6 Å². The van der Waals surface area contributed by atoms with Gasteiger partial charge >= 0.3 is 0 Å².